The highest BCUT2D eigenvalue weighted by Crippen LogP contribution is 2.18. The van der Waals surface area contributed by atoms with Crippen LogP contribution in [0.15, 0.2) is 58.4 Å². The zero-order valence-corrected chi connectivity index (χ0v) is 20.9. The summed E-state index contributed by atoms with van der Waals surface area (Å²) in [6.45, 7) is 6.25. The zero-order chi connectivity index (χ0) is 20.8. The molecule has 2 aromatic rings. The monoisotopic (exact) mass is 550 g/mol. The van der Waals surface area contributed by atoms with Crippen LogP contribution in [0, 0.1) is 0 Å². The smallest absolute Gasteiger partial charge is 0.241 e. The van der Waals surface area contributed by atoms with Gasteiger partial charge < -0.3 is 10.6 Å². The molecule has 0 unspecified atom stereocenters. The molecule has 6 nitrogen and oxygen atoms in total. The molecule has 0 atom stereocenters. The van der Waals surface area contributed by atoms with Crippen LogP contribution >= 0.6 is 35.6 Å². The van der Waals surface area contributed by atoms with E-state index in [1.165, 1.54) is 0 Å². The molecule has 0 fully saturated rings. The lowest BCUT2D eigenvalue weighted by atomic mass is 10.1. The molecule has 0 aliphatic carbocycles. The van der Waals surface area contributed by atoms with Gasteiger partial charge in [-0.15, -0.1) is 24.0 Å². The lowest BCUT2D eigenvalue weighted by Gasteiger charge is -2.22. The van der Waals surface area contributed by atoms with Crippen LogP contribution in [-0.4, -0.2) is 27.0 Å². The fraction of sp³-hybridized carbons (Fsp3) is 0.350. The minimum Gasteiger partial charge on any atom is -0.352 e. The Bertz CT molecular complexity index is 943. The minimum atomic E-state index is -3.63. The van der Waals surface area contributed by atoms with Crippen molar-refractivity contribution in [3.8, 4) is 0 Å². The van der Waals surface area contributed by atoms with Crippen molar-refractivity contribution >= 4 is 51.6 Å². The molecule has 0 saturated carbocycles. The summed E-state index contributed by atoms with van der Waals surface area (Å²) in [5.74, 6) is 0.552. The SMILES string of the molecule is CN=C(NCc1ccccc1Cl)NCc1ccccc1S(=O)(=O)NC(C)(C)C.I. The van der Waals surface area contributed by atoms with Crippen LogP contribution in [0.3, 0.4) is 0 Å². The molecule has 29 heavy (non-hydrogen) atoms. The summed E-state index contributed by atoms with van der Waals surface area (Å²) in [5.41, 5.74) is 1.04. The molecular formula is C20H28ClIN4O2S. The predicted octanol–water partition coefficient (Wildman–Crippen LogP) is 3.90. The predicted molar refractivity (Wildman–Crippen MR) is 130 cm³/mol. The van der Waals surface area contributed by atoms with E-state index < -0.39 is 15.6 Å². The molecule has 0 amide bonds. The third-order valence-electron chi connectivity index (χ3n) is 3.78. The number of benzene rings is 2. The first-order valence-electron chi connectivity index (χ1n) is 8.92. The van der Waals surface area contributed by atoms with E-state index in [0.29, 0.717) is 29.6 Å². The summed E-state index contributed by atoms with van der Waals surface area (Å²) in [4.78, 5) is 4.43. The van der Waals surface area contributed by atoms with Gasteiger partial charge in [-0.25, -0.2) is 13.1 Å². The standard InChI is InChI=1S/C20H27ClN4O2S.HI/c1-20(2,3)25-28(26,27)18-12-8-6-10-16(18)14-24-19(22-4)23-13-15-9-5-7-11-17(15)21;/h5-12,25H,13-14H2,1-4H3,(H2,22,23,24);1H. The van der Waals surface area contributed by atoms with Gasteiger partial charge in [0.1, 0.15) is 0 Å². The summed E-state index contributed by atoms with van der Waals surface area (Å²) in [7, 11) is -1.97. The summed E-state index contributed by atoms with van der Waals surface area (Å²) < 4.78 is 28.2. The molecule has 0 bridgehead atoms. The first-order valence-corrected chi connectivity index (χ1v) is 10.8. The molecule has 9 heteroatoms. The Morgan fingerprint density at radius 2 is 1.48 bits per heavy atom. The third kappa shape index (κ3) is 8.12. The molecule has 160 valence electrons. The number of hydrogen-bond donors (Lipinski definition) is 3. The first kappa shape index (κ1) is 25.7. The Kier molecular flexibility index (Phi) is 9.87. The van der Waals surface area contributed by atoms with Gasteiger partial charge in [0.25, 0.3) is 0 Å². The Morgan fingerprint density at radius 1 is 0.966 bits per heavy atom. The zero-order valence-electron chi connectivity index (χ0n) is 17.0. The largest absolute Gasteiger partial charge is 0.352 e. The Balaban J connectivity index is 0.00000420. The highest BCUT2D eigenvalue weighted by atomic mass is 127. The van der Waals surface area contributed by atoms with E-state index in [0.717, 1.165) is 5.56 Å². The van der Waals surface area contributed by atoms with Crippen LogP contribution in [0.5, 0.6) is 0 Å². The molecule has 0 heterocycles. The Hall–Kier alpha value is -1.36. The topological polar surface area (TPSA) is 82.6 Å². The van der Waals surface area contributed by atoms with Gasteiger partial charge in [-0.1, -0.05) is 48.0 Å². The highest BCUT2D eigenvalue weighted by molar-refractivity contribution is 14.0. The van der Waals surface area contributed by atoms with Crippen LogP contribution in [0.2, 0.25) is 5.02 Å². The molecule has 2 aromatic carbocycles. The number of halogens is 2. The van der Waals surface area contributed by atoms with E-state index in [4.69, 9.17) is 11.6 Å². The Morgan fingerprint density at radius 3 is 2.03 bits per heavy atom. The van der Waals surface area contributed by atoms with Gasteiger partial charge in [0.15, 0.2) is 5.96 Å². The van der Waals surface area contributed by atoms with E-state index in [1.807, 2.05) is 51.1 Å². The van der Waals surface area contributed by atoms with Crippen molar-refractivity contribution in [2.75, 3.05) is 7.05 Å². The maximum atomic E-state index is 12.7. The van der Waals surface area contributed by atoms with E-state index in [1.54, 1.807) is 25.2 Å². The van der Waals surface area contributed by atoms with Gasteiger partial charge in [0.05, 0.1) is 4.90 Å². The number of rotatable bonds is 6. The first-order chi connectivity index (χ1) is 13.1. The van der Waals surface area contributed by atoms with Gasteiger partial charge in [-0.05, 0) is 44.0 Å². The number of sulfonamides is 1. The lowest BCUT2D eigenvalue weighted by molar-refractivity contribution is 0.491. The van der Waals surface area contributed by atoms with Crippen LogP contribution in [0.4, 0.5) is 0 Å². The third-order valence-corrected chi connectivity index (χ3v) is 6.00. The van der Waals surface area contributed by atoms with Gasteiger partial charge in [-0.3, -0.25) is 4.99 Å². The lowest BCUT2D eigenvalue weighted by Crippen LogP contribution is -2.41. The van der Waals surface area contributed by atoms with Gasteiger partial charge in [-0.2, -0.15) is 0 Å². The molecule has 3 N–H and O–H groups in total. The highest BCUT2D eigenvalue weighted by Gasteiger charge is 2.24. The minimum absolute atomic E-state index is 0. The van der Waals surface area contributed by atoms with E-state index >= 15 is 0 Å². The van der Waals surface area contributed by atoms with Crippen LogP contribution in [0.25, 0.3) is 0 Å². The average molecular weight is 551 g/mol. The normalized spacial score (nSPS) is 12.2. The second kappa shape index (κ2) is 11.1. The maximum Gasteiger partial charge on any atom is 0.241 e. The molecule has 0 radical (unpaired) electrons. The molecule has 0 aliphatic heterocycles. The number of nitrogens with one attached hydrogen (secondary N) is 3. The fourth-order valence-electron chi connectivity index (χ4n) is 2.59. The molecule has 0 aliphatic rings. The number of hydrogen-bond acceptors (Lipinski definition) is 3. The molecule has 2 rings (SSSR count). The number of guanidine groups is 1. The number of nitrogens with zero attached hydrogens (tertiary/aromatic N) is 1. The van der Waals surface area contributed by atoms with Crippen molar-refractivity contribution in [2.45, 2.75) is 44.3 Å². The average Bonchev–Trinajstić information content (AvgIpc) is 2.61. The van der Waals surface area contributed by atoms with Crippen molar-refractivity contribution in [3.63, 3.8) is 0 Å². The van der Waals surface area contributed by atoms with Crippen LogP contribution in [0.1, 0.15) is 31.9 Å². The van der Waals surface area contributed by atoms with E-state index in [-0.39, 0.29) is 28.9 Å². The summed E-state index contributed by atoms with van der Waals surface area (Å²) in [6.07, 6.45) is 0. The summed E-state index contributed by atoms with van der Waals surface area (Å²) >= 11 is 6.17. The van der Waals surface area contributed by atoms with Gasteiger partial charge in [0, 0.05) is 30.7 Å². The van der Waals surface area contributed by atoms with Crippen molar-refractivity contribution < 1.29 is 8.42 Å². The van der Waals surface area contributed by atoms with Gasteiger partial charge >= 0.3 is 0 Å². The fourth-order valence-corrected chi connectivity index (χ4v) is 4.45. The van der Waals surface area contributed by atoms with E-state index in [2.05, 4.69) is 20.3 Å². The quantitative estimate of drug-likeness (QED) is 0.289. The second-order valence-corrected chi connectivity index (χ2v) is 9.39. The number of aliphatic imine (C=N–C) groups is 1. The van der Waals surface area contributed by atoms with Crippen LogP contribution in [-0.2, 0) is 23.1 Å². The summed E-state index contributed by atoms with van der Waals surface area (Å²) in [6, 6.07) is 14.5. The van der Waals surface area contributed by atoms with Crippen molar-refractivity contribution in [2.24, 2.45) is 4.99 Å². The van der Waals surface area contributed by atoms with Crippen molar-refractivity contribution in [1.29, 1.82) is 0 Å². The van der Waals surface area contributed by atoms with E-state index in [9.17, 15) is 8.42 Å². The van der Waals surface area contributed by atoms with Crippen LogP contribution < -0.4 is 15.4 Å². The molecule has 0 spiro atoms. The second-order valence-electron chi connectivity index (χ2n) is 7.33. The maximum absolute atomic E-state index is 12.7. The van der Waals surface area contributed by atoms with Crippen molar-refractivity contribution in [3.05, 3.63) is 64.7 Å². The molecule has 0 saturated heterocycles. The summed E-state index contributed by atoms with van der Waals surface area (Å²) in [5, 5.41) is 7.01. The van der Waals surface area contributed by atoms with Crippen molar-refractivity contribution in [1.82, 2.24) is 15.4 Å². The molecular weight excluding hydrogens is 523 g/mol. The molecule has 0 aromatic heterocycles. The van der Waals surface area contributed by atoms with Gasteiger partial charge in [0.2, 0.25) is 10.0 Å². The Labute approximate surface area is 195 Å².